The Bertz CT molecular complexity index is 394. The van der Waals surface area contributed by atoms with Crippen LogP contribution >= 0.6 is 15.9 Å². The van der Waals surface area contributed by atoms with Crippen LogP contribution in [0.2, 0.25) is 0 Å². The second kappa shape index (κ2) is 7.64. The number of ether oxygens (including phenoxy) is 2. The molecule has 2 N–H and O–H groups in total. The third-order valence-corrected chi connectivity index (χ3v) is 3.77. The average Bonchev–Trinajstić information content (AvgIpc) is 2.39. The van der Waals surface area contributed by atoms with Crippen molar-refractivity contribution in [1.29, 1.82) is 0 Å². The van der Waals surface area contributed by atoms with E-state index >= 15 is 0 Å². The molecule has 0 amide bonds. The molecule has 0 unspecified atom stereocenters. The number of nitrogens with two attached hydrogens (primary N) is 1. The Morgan fingerprint density at radius 1 is 1.17 bits per heavy atom. The molecule has 0 aromatic heterocycles. The molecule has 0 heterocycles. The maximum atomic E-state index is 5.55. The molecule has 18 heavy (non-hydrogen) atoms. The van der Waals surface area contributed by atoms with E-state index in [1.165, 1.54) is 11.1 Å². The monoisotopic (exact) mass is 315 g/mol. The molecule has 0 aliphatic carbocycles. The first-order valence-electron chi connectivity index (χ1n) is 6.31. The number of benzene rings is 1. The van der Waals surface area contributed by atoms with Crippen LogP contribution in [0.5, 0.6) is 11.5 Å². The van der Waals surface area contributed by atoms with E-state index < -0.39 is 0 Å². The first-order valence-corrected chi connectivity index (χ1v) is 7.11. The number of rotatable bonds is 7. The first-order chi connectivity index (χ1) is 8.69. The summed E-state index contributed by atoms with van der Waals surface area (Å²) in [6, 6.07) is 1.98. The van der Waals surface area contributed by atoms with Crippen LogP contribution in [-0.2, 0) is 12.8 Å². The molecule has 0 saturated carbocycles. The maximum absolute atomic E-state index is 5.55. The van der Waals surface area contributed by atoms with Crippen LogP contribution in [-0.4, -0.2) is 20.8 Å². The highest BCUT2D eigenvalue weighted by atomic mass is 79.9. The molecule has 4 heteroatoms. The Morgan fingerprint density at radius 2 is 1.89 bits per heavy atom. The van der Waals surface area contributed by atoms with Crippen LogP contribution in [0.1, 0.15) is 30.9 Å². The normalized spacial score (nSPS) is 10.5. The summed E-state index contributed by atoms with van der Waals surface area (Å²) >= 11 is 3.63. The predicted molar refractivity (Wildman–Crippen MR) is 78.6 cm³/mol. The lowest BCUT2D eigenvalue weighted by Crippen LogP contribution is -2.04. The summed E-state index contributed by atoms with van der Waals surface area (Å²) in [5, 5.41) is 0. The third-order valence-electron chi connectivity index (χ3n) is 3.07. The Kier molecular flexibility index (Phi) is 6.50. The molecule has 0 saturated heterocycles. The van der Waals surface area contributed by atoms with Crippen LogP contribution in [0.3, 0.4) is 0 Å². The molecule has 0 aliphatic rings. The Balaban J connectivity index is 3.14. The summed E-state index contributed by atoms with van der Waals surface area (Å²) < 4.78 is 11.9. The minimum Gasteiger partial charge on any atom is -0.493 e. The Labute approximate surface area is 118 Å². The number of halogens is 1. The highest BCUT2D eigenvalue weighted by molar-refractivity contribution is 9.10. The summed E-state index contributed by atoms with van der Waals surface area (Å²) in [7, 11) is 3.35. The molecule has 0 bridgehead atoms. The zero-order valence-electron chi connectivity index (χ0n) is 11.4. The second-order valence-electron chi connectivity index (χ2n) is 4.15. The SMILES string of the molecule is CCc1c(CCCCN)c(Br)cc(OC)c1OC. The van der Waals surface area contributed by atoms with Crippen LogP contribution in [0.25, 0.3) is 0 Å². The fourth-order valence-electron chi connectivity index (χ4n) is 2.16. The molecule has 0 aliphatic heterocycles. The minimum absolute atomic E-state index is 0.742. The fraction of sp³-hybridized carbons (Fsp3) is 0.571. The van der Waals surface area contributed by atoms with E-state index in [0.29, 0.717) is 0 Å². The van der Waals surface area contributed by atoms with Crippen molar-refractivity contribution in [1.82, 2.24) is 0 Å². The molecular formula is C14H22BrNO2. The molecule has 1 rings (SSSR count). The van der Waals surface area contributed by atoms with Gasteiger partial charge in [0.15, 0.2) is 11.5 Å². The molecule has 3 nitrogen and oxygen atoms in total. The zero-order chi connectivity index (χ0) is 13.5. The molecule has 0 radical (unpaired) electrons. The van der Waals surface area contributed by atoms with Crippen molar-refractivity contribution in [2.75, 3.05) is 20.8 Å². The summed E-state index contributed by atoms with van der Waals surface area (Å²) in [5.74, 6) is 1.63. The van der Waals surface area contributed by atoms with Crippen molar-refractivity contribution < 1.29 is 9.47 Å². The van der Waals surface area contributed by atoms with Gasteiger partial charge in [0.1, 0.15) is 0 Å². The van der Waals surface area contributed by atoms with Crippen molar-refractivity contribution in [2.45, 2.75) is 32.6 Å². The van der Waals surface area contributed by atoms with Crippen LogP contribution in [0, 0.1) is 0 Å². The topological polar surface area (TPSA) is 44.5 Å². The molecule has 1 aromatic rings. The highest BCUT2D eigenvalue weighted by Gasteiger charge is 2.16. The second-order valence-corrected chi connectivity index (χ2v) is 5.00. The van der Waals surface area contributed by atoms with Gasteiger partial charge < -0.3 is 15.2 Å². The summed E-state index contributed by atoms with van der Waals surface area (Å²) in [6.45, 7) is 2.88. The van der Waals surface area contributed by atoms with E-state index in [1.54, 1.807) is 14.2 Å². The van der Waals surface area contributed by atoms with Crippen molar-refractivity contribution in [2.24, 2.45) is 5.73 Å². The molecule has 102 valence electrons. The lowest BCUT2D eigenvalue weighted by atomic mass is 9.98. The molecular weight excluding hydrogens is 294 g/mol. The van der Waals surface area contributed by atoms with Gasteiger partial charge in [-0.2, -0.15) is 0 Å². The van der Waals surface area contributed by atoms with Gasteiger partial charge in [-0.25, -0.2) is 0 Å². The Hall–Kier alpha value is -0.740. The number of methoxy groups -OCH3 is 2. The molecule has 0 fully saturated rings. The molecule has 0 spiro atoms. The summed E-state index contributed by atoms with van der Waals surface area (Å²) in [5.41, 5.74) is 8.08. The van der Waals surface area contributed by atoms with Crippen molar-refractivity contribution >= 4 is 15.9 Å². The first kappa shape index (κ1) is 15.3. The third kappa shape index (κ3) is 3.39. The van der Waals surface area contributed by atoms with E-state index in [-0.39, 0.29) is 0 Å². The maximum Gasteiger partial charge on any atom is 0.164 e. The van der Waals surface area contributed by atoms with E-state index in [0.717, 1.165) is 48.2 Å². The van der Waals surface area contributed by atoms with Gasteiger partial charge in [-0.15, -0.1) is 0 Å². The average molecular weight is 316 g/mol. The van der Waals surface area contributed by atoms with E-state index in [2.05, 4.69) is 22.9 Å². The van der Waals surface area contributed by atoms with Crippen LogP contribution in [0.4, 0.5) is 0 Å². The summed E-state index contributed by atoms with van der Waals surface area (Å²) in [4.78, 5) is 0. The largest absolute Gasteiger partial charge is 0.493 e. The number of unbranched alkanes of at least 4 members (excludes halogenated alkanes) is 1. The Morgan fingerprint density at radius 3 is 2.39 bits per heavy atom. The van der Waals surface area contributed by atoms with Gasteiger partial charge in [-0.3, -0.25) is 0 Å². The van der Waals surface area contributed by atoms with Gasteiger partial charge in [-0.1, -0.05) is 22.9 Å². The lowest BCUT2D eigenvalue weighted by molar-refractivity contribution is 0.351. The quantitative estimate of drug-likeness (QED) is 0.785. The van der Waals surface area contributed by atoms with Gasteiger partial charge >= 0.3 is 0 Å². The van der Waals surface area contributed by atoms with Gasteiger partial charge in [-0.05, 0) is 43.9 Å². The highest BCUT2D eigenvalue weighted by Crippen LogP contribution is 2.39. The molecule has 1 aromatic carbocycles. The zero-order valence-corrected chi connectivity index (χ0v) is 13.0. The van der Waals surface area contributed by atoms with Crippen LogP contribution < -0.4 is 15.2 Å². The van der Waals surface area contributed by atoms with Crippen molar-refractivity contribution in [3.8, 4) is 11.5 Å². The van der Waals surface area contributed by atoms with E-state index in [1.807, 2.05) is 6.07 Å². The molecule has 0 atom stereocenters. The lowest BCUT2D eigenvalue weighted by Gasteiger charge is -2.17. The van der Waals surface area contributed by atoms with Gasteiger partial charge in [0.25, 0.3) is 0 Å². The standard InChI is InChI=1S/C14H22BrNO2/c1-4-10-11(7-5-6-8-16)12(15)9-13(17-2)14(10)18-3/h9H,4-8,16H2,1-3H3. The van der Waals surface area contributed by atoms with Crippen molar-refractivity contribution in [3.05, 3.63) is 21.7 Å². The van der Waals surface area contributed by atoms with Crippen LogP contribution in [0.15, 0.2) is 10.5 Å². The summed E-state index contributed by atoms with van der Waals surface area (Å²) in [6.07, 6.45) is 4.08. The fourth-order valence-corrected chi connectivity index (χ4v) is 2.81. The minimum atomic E-state index is 0.742. The van der Waals surface area contributed by atoms with Gasteiger partial charge in [0, 0.05) is 10.0 Å². The van der Waals surface area contributed by atoms with Crippen molar-refractivity contribution in [3.63, 3.8) is 0 Å². The number of hydrogen-bond donors (Lipinski definition) is 1. The van der Waals surface area contributed by atoms with E-state index in [4.69, 9.17) is 15.2 Å². The van der Waals surface area contributed by atoms with E-state index in [9.17, 15) is 0 Å². The number of hydrogen-bond acceptors (Lipinski definition) is 3. The predicted octanol–water partition coefficient (Wildman–Crippen LogP) is 3.31. The van der Waals surface area contributed by atoms with Gasteiger partial charge in [0.05, 0.1) is 14.2 Å². The smallest absolute Gasteiger partial charge is 0.164 e. The van der Waals surface area contributed by atoms with Gasteiger partial charge in [0.2, 0.25) is 0 Å².